The van der Waals surface area contributed by atoms with Crippen LogP contribution in [-0.4, -0.2) is 67.2 Å². The van der Waals surface area contributed by atoms with Crippen molar-refractivity contribution in [1.82, 2.24) is 15.5 Å². The molecule has 0 radical (unpaired) electrons. The molecule has 9 nitrogen and oxygen atoms in total. The van der Waals surface area contributed by atoms with E-state index in [1.807, 2.05) is 0 Å². The maximum absolute atomic E-state index is 12.7. The van der Waals surface area contributed by atoms with E-state index in [2.05, 4.69) is 15.6 Å². The van der Waals surface area contributed by atoms with Crippen LogP contribution >= 0.6 is 0 Å². The highest BCUT2D eigenvalue weighted by atomic mass is 16.2. The summed E-state index contributed by atoms with van der Waals surface area (Å²) >= 11 is 0. The predicted octanol–water partition coefficient (Wildman–Crippen LogP) is -1.29. The van der Waals surface area contributed by atoms with Crippen LogP contribution < -0.4 is 22.1 Å². The zero-order valence-corrected chi connectivity index (χ0v) is 15.2. The van der Waals surface area contributed by atoms with E-state index in [1.54, 1.807) is 4.90 Å². The molecular weight excluding hydrogens is 336 g/mol. The highest BCUT2D eigenvalue weighted by molar-refractivity contribution is 5.90. The number of carbonyl (C=O) groups excluding carboxylic acids is 3. The fraction of sp³-hybridized carbons (Fsp3) is 0.765. The van der Waals surface area contributed by atoms with Gasteiger partial charge in [0.25, 0.3) is 0 Å². The molecule has 26 heavy (non-hydrogen) atoms. The second-order valence-electron chi connectivity index (χ2n) is 6.93. The molecule has 0 spiro atoms. The van der Waals surface area contributed by atoms with Crippen LogP contribution in [0, 0.1) is 5.92 Å². The average Bonchev–Trinajstić information content (AvgIpc) is 3.13. The Balaban J connectivity index is 1.86. The van der Waals surface area contributed by atoms with Gasteiger partial charge in [0.2, 0.25) is 11.8 Å². The summed E-state index contributed by atoms with van der Waals surface area (Å²) < 4.78 is 0. The number of hydrogen-bond acceptors (Lipinski definition) is 5. The zero-order chi connectivity index (χ0) is 18.9. The first kappa shape index (κ1) is 20.2. The van der Waals surface area contributed by atoms with E-state index in [1.165, 1.54) is 0 Å². The number of hydrogen-bond donors (Lipinski definition) is 4. The molecule has 6 N–H and O–H groups in total. The summed E-state index contributed by atoms with van der Waals surface area (Å²) in [5, 5.41) is 6.00. The lowest BCUT2D eigenvalue weighted by molar-refractivity contribution is -0.142. The summed E-state index contributed by atoms with van der Waals surface area (Å²) in [5.41, 5.74) is 10.5. The Kier molecular flexibility index (Phi) is 7.83. The lowest BCUT2D eigenvalue weighted by Crippen LogP contribution is -2.52. The monoisotopic (exact) mass is 366 g/mol. The third kappa shape index (κ3) is 5.69. The second-order valence-corrected chi connectivity index (χ2v) is 6.93. The molecule has 3 atom stereocenters. The Morgan fingerprint density at radius 1 is 1.31 bits per heavy atom. The van der Waals surface area contributed by atoms with Gasteiger partial charge in [0.05, 0.1) is 12.0 Å². The summed E-state index contributed by atoms with van der Waals surface area (Å²) in [5.74, 6) is -0.253. The maximum atomic E-state index is 12.7. The minimum absolute atomic E-state index is 0.00833. The normalized spacial score (nSPS) is 23.9. The van der Waals surface area contributed by atoms with Gasteiger partial charge in [-0.3, -0.25) is 14.6 Å². The molecule has 0 aromatic heterocycles. The predicted molar refractivity (Wildman–Crippen MR) is 98.2 cm³/mol. The minimum atomic E-state index is -0.592. The van der Waals surface area contributed by atoms with Gasteiger partial charge in [0.1, 0.15) is 12.3 Å². The van der Waals surface area contributed by atoms with Crippen LogP contribution in [0.25, 0.3) is 0 Å². The summed E-state index contributed by atoms with van der Waals surface area (Å²) in [6.07, 6.45) is 5.04. The fourth-order valence-corrected chi connectivity index (χ4v) is 3.57. The smallest absolute Gasteiger partial charge is 0.243 e. The first-order chi connectivity index (χ1) is 12.5. The molecule has 2 heterocycles. The van der Waals surface area contributed by atoms with Crippen LogP contribution in [0.4, 0.5) is 0 Å². The van der Waals surface area contributed by atoms with Crippen molar-refractivity contribution in [2.45, 2.75) is 50.6 Å². The van der Waals surface area contributed by atoms with Crippen LogP contribution in [0.5, 0.6) is 0 Å². The van der Waals surface area contributed by atoms with Gasteiger partial charge in [-0.2, -0.15) is 0 Å². The van der Waals surface area contributed by atoms with Gasteiger partial charge < -0.3 is 31.8 Å². The van der Waals surface area contributed by atoms with Gasteiger partial charge >= 0.3 is 0 Å². The number of aldehydes is 1. The van der Waals surface area contributed by atoms with Crippen molar-refractivity contribution in [3.05, 3.63) is 0 Å². The van der Waals surface area contributed by atoms with Crippen molar-refractivity contribution >= 4 is 24.1 Å². The van der Waals surface area contributed by atoms with Crippen LogP contribution in [0.3, 0.4) is 0 Å². The summed E-state index contributed by atoms with van der Waals surface area (Å²) in [6.45, 7) is 2.62. The van der Waals surface area contributed by atoms with Gasteiger partial charge in [0, 0.05) is 19.6 Å². The van der Waals surface area contributed by atoms with Gasteiger partial charge in [-0.05, 0) is 45.1 Å². The van der Waals surface area contributed by atoms with Gasteiger partial charge in [-0.1, -0.05) is 0 Å². The zero-order valence-electron chi connectivity index (χ0n) is 15.2. The van der Waals surface area contributed by atoms with Crippen molar-refractivity contribution in [2.24, 2.45) is 22.4 Å². The Morgan fingerprint density at radius 2 is 2.12 bits per heavy atom. The number of nitrogens with one attached hydrogen (secondary N) is 2. The number of carbonyl (C=O) groups is 3. The van der Waals surface area contributed by atoms with Crippen LogP contribution in [0.15, 0.2) is 4.99 Å². The van der Waals surface area contributed by atoms with Crippen molar-refractivity contribution in [2.75, 3.05) is 26.2 Å². The number of aliphatic imine (C=N–C) groups is 1. The average molecular weight is 366 g/mol. The third-order valence-corrected chi connectivity index (χ3v) is 4.94. The standard InChI is InChI=1S/C17H30N6O3/c18-17(19)21-8-2-5-13(11-24)22-15(25)14-6-3-9-23(14)16(26)12-4-1-7-20-10-12/h11-14,20H,1-10H2,(H,22,25)(H4,18,19,21)/t12?,13-,14-/m0/s1. The van der Waals surface area contributed by atoms with E-state index < -0.39 is 12.1 Å². The summed E-state index contributed by atoms with van der Waals surface area (Å²) in [6, 6.07) is -1.07. The SMILES string of the molecule is NC(N)=NCCC[C@@H](C=O)NC(=O)[C@@H]1CCCN1C(=O)C1CCCNC1. The van der Waals surface area contributed by atoms with Crippen LogP contribution in [0.1, 0.15) is 38.5 Å². The Hall–Kier alpha value is -2.16. The fourth-order valence-electron chi connectivity index (χ4n) is 3.57. The number of guanidine groups is 1. The topological polar surface area (TPSA) is 143 Å². The first-order valence-corrected chi connectivity index (χ1v) is 9.35. The molecule has 0 aromatic rings. The van der Waals surface area contributed by atoms with Crippen LogP contribution in [0.2, 0.25) is 0 Å². The lowest BCUT2D eigenvalue weighted by Gasteiger charge is -2.30. The third-order valence-electron chi connectivity index (χ3n) is 4.94. The number of rotatable bonds is 8. The molecule has 1 unspecified atom stereocenters. The molecule has 2 saturated heterocycles. The van der Waals surface area contributed by atoms with Crippen molar-refractivity contribution < 1.29 is 14.4 Å². The Labute approximate surface area is 153 Å². The second kappa shape index (κ2) is 10.1. The molecule has 146 valence electrons. The largest absolute Gasteiger partial charge is 0.370 e. The molecule has 2 aliphatic rings. The molecule has 0 aliphatic carbocycles. The molecule has 9 heteroatoms. The van der Waals surface area contributed by atoms with E-state index >= 15 is 0 Å². The van der Waals surface area contributed by atoms with Gasteiger partial charge in [0.15, 0.2) is 5.96 Å². The van der Waals surface area contributed by atoms with Gasteiger partial charge in [-0.15, -0.1) is 0 Å². The minimum Gasteiger partial charge on any atom is -0.370 e. The highest BCUT2D eigenvalue weighted by Gasteiger charge is 2.37. The number of amides is 2. The quantitative estimate of drug-likeness (QED) is 0.182. The van der Waals surface area contributed by atoms with E-state index in [0.717, 1.165) is 32.1 Å². The Bertz CT molecular complexity index is 529. The Morgan fingerprint density at radius 3 is 2.77 bits per heavy atom. The molecule has 2 fully saturated rings. The number of nitrogens with zero attached hydrogens (tertiary/aromatic N) is 2. The van der Waals surface area contributed by atoms with Crippen molar-refractivity contribution in [3.8, 4) is 0 Å². The van der Waals surface area contributed by atoms with Gasteiger partial charge in [-0.25, -0.2) is 0 Å². The first-order valence-electron chi connectivity index (χ1n) is 9.35. The lowest BCUT2D eigenvalue weighted by atomic mass is 9.97. The molecule has 0 saturated carbocycles. The molecule has 2 aliphatic heterocycles. The van der Waals surface area contributed by atoms with E-state index in [4.69, 9.17) is 11.5 Å². The number of nitrogens with two attached hydrogens (primary N) is 2. The molecular formula is C17H30N6O3. The van der Waals surface area contributed by atoms with E-state index in [-0.39, 0.29) is 23.7 Å². The highest BCUT2D eigenvalue weighted by Crippen LogP contribution is 2.23. The molecule has 2 rings (SSSR count). The number of likely N-dealkylation sites (tertiary alicyclic amines) is 1. The van der Waals surface area contributed by atoms with Crippen LogP contribution in [-0.2, 0) is 14.4 Å². The van der Waals surface area contributed by atoms with Crippen molar-refractivity contribution in [1.29, 1.82) is 0 Å². The summed E-state index contributed by atoms with van der Waals surface area (Å²) in [4.78, 5) is 42.2. The molecule has 0 bridgehead atoms. The maximum Gasteiger partial charge on any atom is 0.243 e. The summed E-state index contributed by atoms with van der Waals surface area (Å²) in [7, 11) is 0. The molecule has 0 aromatic carbocycles. The van der Waals surface area contributed by atoms with Crippen molar-refractivity contribution in [3.63, 3.8) is 0 Å². The van der Waals surface area contributed by atoms with E-state index in [9.17, 15) is 14.4 Å². The van der Waals surface area contributed by atoms with E-state index in [0.29, 0.717) is 38.9 Å². The number of piperidine rings is 1. The molecule has 2 amide bonds.